The second kappa shape index (κ2) is 7.39. The number of rotatable bonds is 5. The van der Waals surface area contributed by atoms with Gasteiger partial charge >= 0.3 is 0 Å². The van der Waals surface area contributed by atoms with Crippen LogP contribution in [0, 0.1) is 0 Å². The third kappa shape index (κ3) is 4.08. The number of carbonyl (C=O) groups is 1. The Hall–Kier alpha value is -3.48. The third-order valence-electron chi connectivity index (χ3n) is 3.63. The molecule has 0 aliphatic heterocycles. The van der Waals surface area contributed by atoms with Gasteiger partial charge in [0.05, 0.1) is 17.6 Å². The number of nitrogens with zero attached hydrogens (tertiary/aromatic N) is 2. The first-order valence-electron chi connectivity index (χ1n) is 7.72. The van der Waals surface area contributed by atoms with Gasteiger partial charge in [0.1, 0.15) is 0 Å². The van der Waals surface area contributed by atoms with Crippen LogP contribution in [0.3, 0.4) is 0 Å². The summed E-state index contributed by atoms with van der Waals surface area (Å²) < 4.78 is 1.43. The Morgan fingerprint density at radius 3 is 2.60 bits per heavy atom. The van der Waals surface area contributed by atoms with Crippen LogP contribution in [0.2, 0.25) is 0 Å². The molecule has 2 heterocycles. The van der Waals surface area contributed by atoms with Gasteiger partial charge in [0, 0.05) is 37.0 Å². The number of pyridine rings is 1. The molecule has 0 aliphatic carbocycles. The molecular formula is C18H16N4O3. The van der Waals surface area contributed by atoms with E-state index < -0.39 is 0 Å². The Morgan fingerprint density at radius 2 is 1.92 bits per heavy atom. The molecule has 0 bridgehead atoms. The number of nitrogens with one attached hydrogen (secondary N) is 2. The lowest BCUT2D eigenvalue weighted by atomic mass is 10.1. The van der Waals surface area contributed by atoms with Crippen molar-refractivity contribution in [2.24, 2.45) is 0 Å². The van der Waals surface area contributed by atoms with E-state index in [0.717, 1.165) is 5.56 Å². The standard InChI is InChI=1S/C18H16N4O3/c23-16-7-6-14(11-20-16)18(25)19-8-9-22-12-21-15(10-17(22)24)13-4-2-1-3-5-13/h1-7,10-12H,8-9H2,(H,19,25)(H,20,23). The van der Waals surface area contributed by atoms with Crippen LogP contribution in [-0.4, -0.2) is 27.0 Å². The molecule has 0 saturated heterocycles. The van der Waals surface area contributed by atoms with E-state index in [2.05, 4.69) is 15.3 Å². The summed E-state index contributed by atoms with van der Waals surface area (Å²) in [6.07, 6.45) is 2.82. The van der Waals surface area contributed by atoms with Crippen LogP contribution in [0.4, 0.5) is 0 Å². The van der Waals surface area contributed by atoms with E-state index in [9.17, 15) is 14.4 Å². The van der Waals surface area contributed by atoms with E-state index in [4.69, 9.17) is 0 Å². The summed E-state index contributed by atoms with van der Waals surface area (Å²) in [5, 5.41) is 2.69. The number of amides is 1. The molecule has 7 heteroatoms. The molecule has 0 fully saturated rings. The van der Waals surface area contributed by atoms with Gasteiger partial charge in [-0.05, 0) is 6.07 Å². The molecule has 7 nitrogen and oxygen atoms in total. The number of aromatic amines is 1. The van der Waals surface area contributed by atoms with Gasteiger partial charge in [0.15, 0.2) is 0 Å². The van der Waals surface area contributed by atoms with E-state index in [-0.39, 0.29) is 23.6 Å². The fraction of sp³-hybridized carbons (Fsp3) is 0.111. The number of hydrogen-bond acceptors (Lipinski definition) is 4. The summed E-state index contributed by atoms with van der Waals surface area (Å²) in [5.74, 6) is -0.321. The molecule has 3 rings (SSSR count). The van der Waals surface area contributed by atoms with Crippen molar-refractivity contribution < 1.29 is 4.79 Å². The molecule has 2 aromatic heterocycles. The van der Waals surface area contributed by atoms with Gasteiger partial charge < -0.3 is 10.3 Å². The van der Waals surface area contributed by atoms with Crippen molar-refractivity contribution in [1.82, 2.24) is 19.9 Å². The summed E-state index contributed by atoms with van der Waals surface area (Å²) in [6, 6.07) is 13.6. The van der Waals surface area contributed by atoms with Crippen LogP contribution in [0.1, 0.15) is 10.4 Å². The molecule has 0 saturated carbocycles. The highest BCUT2D eigenvalue weighted by molar-refractivity contribution is 5.93. The van der Waals surface area contributed by atoms with Gasteiger partial charge in [-0.15, -0.1) is 0 Å². The highest BCUT2D eigenvalue weighted by Crippen LogP contribution is 2.13. The topological polar surface area (TPSA) is 96.8 Å². The van der Waals surface area contributed by atoms with Crippen LogP contribution in [0.25, 0.3) is 11.3 Å². The summed E-state index contributed by atoms with van der Waals surface area (Å²) in [4.78, 5) is 41.8. The van der Waals surface area contributed by atoms with Gasteiger partial charge in [0.2, 0.25) is 5.56 Å². The lowest BCUT2D eigenvalue weighted by Crippen LogP contribution is -2.31. The zero-order chi connectivity index (χ0) is 17.6. The second-order valence-corrected chi connectivity index (χ2v) is 5.37. The zero-order valence-electron chi connectivity index (χ0n) is 13.3. The minimum atomic E-state index is -0.321. The monoisotopic (exact) mass is 336 g/mol. The molecule has 0 aliphatic rings. The van der Waals surface area contributed by atoms with Gasteiger partial charge in [-0.1, -0.05) is 30.3 Å². The Bertz CT molecular complexity index is 972. The number of hydrogen-bond donors (Lipinski definition) is 2. The van der Waals surface area contributed by atoms with Gasteiger partial charge in [0.25, 0.3) is 11.5 Å². The summed E-state index contributed by atoms with van der Waals surface area (Å²) in [7, 11) is 0. The van der Waals surface area contributed by atoms with Gasteiger partial charge in [-0.25, -0.2) is 4.98 Å². The minimum absolute atomic E-state index is 0.188. The first kappa shape index (κ1) is 16.4. The van der Waals surface area contributed by atoms with Crippen molar-refractivity contribution in [2.45, 2.75) is 6.54 Å². The smallest absolute Gasteiger partial charge is 0.253 e. The molecule has 0 spiro atoms. The summed E-state index contributed by atoms with van der Waals surface area (Å²) >= 11 is 0. The van der Waals surface area contributed by atoms with Crippen molar-refractivity contribution >= 4 is 5.91 Å². The number of benzene rings is 1. The maximum absolute atomic E-state index is 12.2. The lowest BCUT2D eigenvalue weighted by Gasteiger charge is -2.08. The first-order chi connectivity index (χ1) is 12.1. The molecule has 0 radical (unpaired) electrons. The molecule has 0 unspecified atom stereocenters. The number of aromatic nitrogens is 3. The Kier molecular flexibility index (Phi) is 4.84. The molecule has 126 valence electrons. The van der Waals surface area contributed by atoms with E-state index in [0.29, 0.717) is 17.8 Å². The predicted molar refractivity (Wildman–Crippen MR) is 93.3 cm³/mol. The largest absolute Gasteiger partial charge is 0.350 e. The van der Waals surface area contributed by atoms with Crippen LogP contribution in [0.5, 0.6) is 0 Å². The highest BCUT2D eigenvalue weighted by atomic mass is 16.2. The van der Waals surface area contributed by atoms with Crippen molar-refractivity contribution in [3.63, 3.8) is 0 Å². The number of H-pyrrole nitrogens is 1. The van der Waals surface area contributed by atoms with Gasteiger partial charge in [-0.2, -0.15) is 0 Å². The maximum Gasteiger partial charge on any atom is 0.253 e. The van der Waals surface area contributed by atoms with Crippen molar-refractivity contribution in [3.8, 4) is 11.3 Å². The highest BCUT2D eigenvalue weighted by Gasteiger charge is 2.06. The third-order valence-corrected chi connectivity index (χ3v) is 3.63. The van der Waals surface area contributed by atoms with E-state index >= 15 is 0 Å². The van der Waals surface area contributed by atoms with Crippen molar-refractivity contribution in [3.05, 3.63) is 87.3 Å². The zero-order valence-corrected chi connectivity index (χ0v) is 13.3. The molecule has 0 atom stereocenters. The second-order valence-electron chi connectivity index (χ2n) is 5.37. The fourth-order valence-electron chi connectivity index (χ4n) is 2.30. The predicted octanol–water partition coefficient (Wildman–Crippen LogP) is 1.03. The molecule has 1 amide bonds. The van der Waals surface area contributed by atoms with Crippen molar-refractivity contribution in [1.29, 1.82) is 0 Å². The molecule has 25 heavy (non-hydrogen) atoms. The Labute approximate surface area is 143 Å². The average Bonchev–Trinajstić information content (AvgIpc) is 2.64. The van der Waals surface area contributed by atoms with Crippen LogP contribution in [-0.2, 0) is 6.54 Å². The summed E-state index contributed by atoms with van der Waals surface area (Å²) in [6.45, 7) is 0.570. The van der Waals surface area contributed by atoms with Crippen molar-refractivity contribution in [2.75, 3.05) is 6.54 Å². The summed E-state index contributed by atoms with van der Waals surface area (Å²) in [5.41, 5.74) is 1.38. The first-order valence-corrected chi connectivity index (χ1v) is 7.72. The van der Waals surface area contributed by atoms with E-state index in [1.54, 1.807) is 0 Å². The van der Waals surface area contributed by atoms with Crippen LogP contribution < -0.4 is 16.4 Å². The molecule has 1 aromatic carbocycles. The molecule has 3 aromatic rings. The molecular weight excluding hydrogens is 320 g/mol. The molecule has 2 N–H and O–H groups in total. The van der Waals surface area contributed by atoms with Gasteiger partial charge in [-0.3, -0.25) is 19.0 Å². The van der Waals surface area contributed by atoms with E-state index in [1.807, 2.05) is 30.3 Å². The SMILES string of the molecule is O=C(NCCn1cnc(-c2ccccc2)cc1=O)c1ccc(=O)[nH]c1. The minimum Gasteiger partial charge on any atom is -0.350 e. The Balaban J connectivity index is 1.62. The Morgan fingerprint density at radius 1 is 1.12 bits per heavy atom. The number of carbonyl (C=O) groups excluding carboxylic acids is 1. The fourth-order valence-corrected chi connectivity index (χ4v) is 2.30. The average molecular weight is 336 g/mol. The van der Waals surface area contributed by atoms with E-state index in [1.165, 1.54) is 35.3 Å². The van der Waals surface area contributed by atoms with Crippen LogP contribution >= 0.6 is 0 Å². The lowest BCUT2D eigenvalue weighted by molar-refractivity contribution is 0.0951. The van der Waals surface area contributed by atoms with Crippen LogP contribution in [0.15, 0.2) is 70.6 Å². The maximum atomic E-state index is 12.2. The quantitative estimate of drug-likeness (QED) is 0.727. The normalized spacial score (nSPS) is 10.4.